The van der Waals surface area contributed by atoms with Crippen LogP contribution in [0.25, 0.3) is 0 Å². The van der Waals surface area contributed by atoms with Crippen molar-refractivity contribution in [3.8, 4) is 0 Å². The molecule has 0 aliphatic carbocycles. The Morgan fingerprint density at radius 3 is 1.00 bits per heavy atom. The average Bonchev–Trinajstić information content (AvgIpc) is 0.811. The maximum atomic E-state index is 6.92. The third-order valence-corrected chi connectivity index (χ3v) is 0. The molecule has 0 spiro atoms. The first-order valence-corrected chi connectivity index (χ1v) is 0.548. The molecule has 0 aromatic heterocycles. The second-order valence-electron chi connectivity index (χ2n) is 0.245. The fourth-order valence-corrected chi connectivity index (χ4v) is 0. The summed E-state index contributed by atoms with van der Waals surface area (Å²) in [6.07, 6.45) is 0. The van der Waals surface area contributed by atoms with Gasteiger partial charge in [-0.1, -0.05) is 0 Å². The quantitative estimate of drug-likeness (QED) is 0.203. The second kappa shape index (κ2) is 3.80. The van der Waals surface area contributed by atoms with Gasteiger partial charge in [-0.2, -0.15) is 0 Å². The van der Waals surface area contributed by atoms with Crippen LogP contribution < -0.4 is 0 Å². The van der Waals surface area contributed by atoms with Crippen molar-refractivity contribution in [1.82, 2.24) is 0 Å². The zero-order chi connectivity index (χ0) is 3.58. The highest BCUT2D eigenvalue weighted by Gasteiger charge is 1.78. The van der Waals surface area contributed by atoms with Crippen molar-refractivity contribution in [2.45, 2.75) is 0 Å². The summed E-state index contributed by atoms with van der Waals surface area (Å²) in [4.78, 5) is -0.417. The first-order valence-electron chi connectivity index (χ1n) is 0.548. The Labute approximate surface area is 27.5 Å². The minimum Gasteiger partial charge on any atom is -0.412 e. The topological polar surface area (TPSA) is 94.9 Å². The molecule has 34 valence electrons. The monoisotopic (exact) mass is 85.0 g/mol. The molecule has 0 aromatic carbocycles. The highest BCUT2D eigenvalue weighted by molar-refractivity contribution is 2.69. The lowest BCUT2D eigenvalue weighted by atomic mass is 14.3. The summed E-state index contributed by atoms with van der Waals surface area (Å²) in [6, 6.07) is 0. The summed E-state index contributed by atoms with van der Waals surface area (Å²) in [5, 5.41) is 20.8. The molecule has 0 aliphatic rings. The zero-order valence-corrected chi connectivity index (χ0v) is 2.25. The lowest BCUT2D eigenvalue weighted by molar-refractivity contribution is -0.781. The largest absolute Gasteiger partial charge is 0.412 e. The second-order valence-corrected chi connectivity index (χ2v) is 0.245. The van der Waals surface area contributed by atoms with E-state index in [0.29, 0.717) is 0 Å². The average molecular weight is 85.0 g/mol. The van der Waals surface area contributed by atoms with Gasteiger partial charge < -0.3 is 5.48 Å². The Morgan fingerprint density at radius 2 is 1.00 bits per heavy atom. The Hall–Kier alpha value is -0.200. The smallest absolute Gasteiger partial charge is 0.127 e. The van der Waals surface area contributed by atoms with Crippen LogP contribution in [0.3, 0.4) is 0 Å². The van der Waals surface area contributed by atoms with Gasteiger partial charge >= 0.3 is 0 Å². The van der Waals surface area contributed by atoms with Gasteiger partial charge in [-0.05, 0) is 15.8 Å². The van der Waals surface area contributed by atoms with Crippen LogP contribution in [0.15, 0.2) is 0 Å². The van der Waals surface area contributed by atoms with Crippen LogP contribution in [0.1, 0.15) is 0 Å². The molecule has 0 saturated heterocycles. The summed E-state index contributed by atoms with van der Waals surface area (Å²) in [5.41, 5.74) is 0. The van der Waals surface area contributed by atoms with E-state index in [2.05, 4.69) is 0 Å². The molecule has 0 radical (unpaired) electrons. The summed E-state index contributed by atoms with van der Waals surface area (Å²) >= 11 is 0. The van der Waals surface area contributed by atoms with E-state index in [-0.39, 0.29) is 5.48 Å². The van der Waals surface area contributed by atoms with Crippen LogP contribution in [0, 0.1) is 0 Å². The van der Waals surface area contributed by atoms with E-state index in [0.717, 1.165) is 0 Å². The van der Waals surface area contributed by atoms with Gasteiger partial charge in [-0.3, -0.25) is 0 Å². The molecule has 0 amide bonds. The van der Waals surface area contributed by atoms with Crippen molar-refractivity contribution < 1.29 is 26.1 Å². The summed E-state index contributed by atoms with van der Waals surface area (Å²) in [5.74, 6) is 0. The molecule has 0 heterocycles. The number of hydrogen-bond acceptors (Lipinski definition) is 3. The molecule has 5 nitrogen and oxygen atoms in total. The predicted molar refractivity (Wildman–Crippen MR) is 12.6 cm³/mol. The first kappa shape index (κ1) is 8.84. The van der Waals surface area contributed by atoms with Gasteiger partial charge in [0.15, 0.2) is 0 Å². The van der Waals surface area contributed by atoms with Crippen LogP contribution in [-0.4, -0.2) is 21.2 Å². The molecule has 0 bridgehead atoms. The van der Waals surface area contributed by atoms with Crippen molar-refractivity contribution in [2.75, 3.05) is 0 Å². The number of hydrogen-bond donors (Lipinski definition) is 3. The Balaban J connectivity index is 0. The van der Waals surface area contributed by atoms with Gasteiger partial charge in [0.05, 0.1) is 0 Å². The molecule has 5 heavy (non-hydrogen) atoms. The van der Waals surface area contributed by atoms with E-state index in [1.165, 1.54) is 0 Å². The molecule has 0 aliphatic heterocycles. The van der Waals surface area contributed by atoms with E-state index in [4.69, 9.17) is 15.8 Å². The fourth-order valence-electron chi connectivity index (χ4n) is 0. The Kier molecular flexibility index (Phi) is 6.72. The summed E-state index contributed by atoms with van der Waals surface area (Å²) in [6.45, 7) is 0. The van der Waals surface area contributed by atoms with E-state index < -0.39 is 4.82 Å². The first-order chi connectivity index (χ1) is 1.73. The van der Waals surface area contributed by atoms with Crippen molar-refractivity contribution in [1.29, 1.82) is 0 Å². The van der Waals surface area contributed by atoms with Gasteiger partial charge in [0.1, 0.15) is 4.82 Å². The van der Waals surface area contributed by atoms with E-state index in [1.807, 2.05) is 0 Å². The van der Waals surface area contributed by atoms with Gasteiger partial charge in [-0.25, -0.2) is 0 Å². The van der Waals surface area contributed by atoms with Gasteiger partial charge in [0, 0.05) is 0 Å². The summed E-state index contributed by atoms with van der Waals surface area (Å²) < 4.78 is 0. The molecule has 5 heteroatoms. The molecule has 0 unspecified atom stereocenters. The van der Waals surface area contributed by atoms with Crippen molar-refractivity contribution in [2.24, 2.45) is 0 Å². The summed E-state index contributed by atoms with van der Waals surface area (Å²) in [7, 11) is 0. The highest BCUT2D eigenvalue weighted by Crippen LogP contribution is 1.56. The standard InChI is InChI=1S/H3O4.H2O/c1-4(2)3;/h1-3H;1H2/q+1;. The minimum atomic E-state index is -0.417. The van der Waals surface area contributed by atoms with Gasteiger partial charge in [0.25, 0.3) is 0 Å². The van der Waals surface area contributed by atoms with Crippen LogP contribution in [0.4, 0.5) is 0 Å². The normalized spacial score (nSPS) is 7.20. The molecule has 0 fully saturated rings. The van der Waals surface area contributed by atoms with Gasteiger partial charge in [0.2, 0.25) is 0 Å². The maximum Gasteiger partial charge on any atom is 0.127 e. The molecule has 0 atom stereocenters. The Morgan fingerprint density at radius 1 is 1.00 bits per heavy atom. The van der Waals surface area contributed by atoms with Crippen molar-refractivity contribution >= 4 is 0 Å². The molecular weight excluding hydrogens is 80.0 g/mol. The molecular formula is H5O5+. The third kappa shape index (κ3) is 308. The van der Waals surface area contributed by atoms with Crippen LogP contribution in [0.5, 0.6) is 0 Å². The van der Waals surface area contributed by atoms with E-state index in [9.17, 15) is 0 Å². The molecule has 0 rings (SSSR count). The fraction of sp³-hybridized carbons (Fsp3) is 0. The van der Waals surface area contributed by atoms with Gasteiger partial charge in [-0.15, -0.1) is 0 Å². The lowest BCUT2D eigenvalue weighted by Gasteiger charge is -1.69. The van der Waals surface area contributed by atoms with Crippen LogP contribution >= 0.6 is 0 Å². The molecule has 0 saturated carbocycles. The van der Waals surface area contributed by atoms with Crippen molar-refractivity contribution in [3.05, 3.63) is 0 Å². The lowest BCUT2D eigenvalue weighted by Crippen LogP contribution is -1.91. The maximum absolute atomic E-state index is 6.92. The Bertz CT molecular complexity index is 4.75. The highest BCUT2D eigenvalue weighted by atomic mass is 17.7. The van der Waals surface area contributed by atoms with Crippen LogP contribution in [-0.2, 0) is 4.82 Å². The number of rotatable bonds is 0. The molecule has 5 N–H and O–H groups in total. The predicted octanol–water partition coefficient (Wildman–Crippen LogP) is -0.867. The van der Waals surface area contributed by atoms with E-state index >= 15 is 0 Å². The van der Waals surface area contributed by atoms with E-state index in [1.54, 1.807) is 0 Å². The zero-order valence-electron chi connectivity index (χ0n) is 2.25. The SMILES string of the molecule is O.O[O+](O)O. The van der Waals surface area contributed by atoms with Crippen LogP contribution in [0.2, 0.25) is 0 Å². The molecule has 0 aromatic rings. The third-order valence-electron chi connectivity index (χ3n) is 0. The minimum absolute atomic E-state index is 0. The van der Waals surface area contributed by atoms with Crippen molar-refractivity contribution in [3.63, 3.8) is 0 Å².